The molecule has 2 amide bonds. The van der Waals surface area contributed by atoms with E-state index < -0.39 is 24.0 Å². The molecule has 2 aromatic rings. The van der Waals surface area contributed by atoms with Gasteiger partial charge in [0.15, 0.2) is 0 Å². The molecule has 1 saturated carbocycles. The molecule has 3 rings (SSSR count). The van der Waals surface area contributed by atoms with E-state index in [0.29, 0.717) is 0 Å². The van der Waals surface area contributed by atoms with Gasteiger partial charge in [-0.15, -0.1) is 0 Å². The number of nitrogens with one attached hydrogen (secondary N) is 2. The molecule has 0 bridgehead atoms. The van der Waals surface area contributed by atoms with Crippen LogP contribution in [0.3, 0.4) is 0 Å². The van der Waals surface area contributed by atoms with Crippen LogP contribution in [0.2, 0.25) is 0 Å². The van der Waals surface area contributed by atoms with E-state index >= 15 is 0 Å². The number of rotatable bonds is 9. The topological polar surface area (TPSA) is 93.7 Å². The monoisotopic (exact) mass is 438 g/mol. The molecule has 2 aromatic carbocycles. The minimum atomic E-state index is -1.13. The van der Waals surface area contributed by atoms with Crippen LogP contribution >= 0.6 is 0 Å². The molecule has 7 nitrogen and oxygen atoms in total. The number of esters is 2. The molecule has 1 unspecified atom stereocenters. The predicted molar refractivity (Wildman–Crippen MR) is 119 cm³/mol. The van der Waals surface area contributed by atoms with E-state index in [2.05, 4.69) is 10.6 Å². The second-order valence-electron chi connectivity index (χ2n) is 7.95. The summed E-state index contributed by atoms with van der Waals surface area (Å²) in [5, 5.41) is 5.50. The maximum Gasteiger partial charge on any atom is 0.329 e. The summed E-state index contributed by atoms with van der Waals surface area (Å²) in [4.78, 5) is 37.5. The van der Waals surface area contributed by atoms with Gasteiger partial charge in [-0.2, -0.15) is 0 Å². The van der Waals surface area contributed by atoms with Crippen molar-refractivity contribution in [1.82, 2.24) is 10.6 Å². The highest BCUT2D eigenvalue weighted by atomic mass is 16.5. The van der Waals surface area contributed by atoms with E-state index in [9.17, 15) is 14.4 Å². The Morgan fingerprint density at radius 1 is 0.812 bits per heavy atom. The number of hydrogen-bond donors (Lipinski definition) is 2. The van der Waals surface area contributed by atoms with Gasteiger partial charge in [0, 0.05) is 6.04 Å². The normalized spacial score (nSPS) is 14.8. The van der Waals surface area contributed by atoms with Crippen LogP contribution in [-0.4, -0.2) is 30.1 Å². The van der Waals surface area contributed by atoms with E-state index in [1.165, 1.54) is 6.42 Å². The van der Waals surface area contributed by atoms with E-state index in [1.807, 2.05) is 60.7 Å². The van der Waals surface area contributed by atoms with Crippen LogP contribution in [0.4, 0.5) is 4.79 Å². The van der Waals surface area contributed by atoms with Crippen molar-refractivity contribution in [3.05, 3.63) is 71.8 Å². The Morgan fingerprint density at radius 3 is 1.97 bits per heavy atom. The van der Waals surface area contributed by atoms with E-state index in [-0.39, 0.29) is 25.7 Å². The molecule has 170 valence electrons. The first-order valence-corrected chi connectivity index (χ1v) is 11.1. The zero-order valence-electron chi connectivity index (χ0n) is 18.1. The molecular weight excluding hydrogens is 408 g/mol. The highest BCUT2D eigenvalue weighted by Crippen LogP contribution is 2.17. The lowest BCUT2D eigenvalue weighted by Crippen LogP contribution is -2.50. The van der Waals surface area contributed by atoms with Crippen molar-refractivity contribution in [2.75, 3.05) is 0 Å². The Hall–Kier alpha value is -3.35. The molecule has 2 N–H and O–H groups in total. The molecule has 1 aliphatic rings. The summed E-state index contributed by atoms with van der Waals surface area (Å²) >= 11 is 0. The molecule has 0 heterocycles. The summed E-state index contributed by atoms with van der Waals surface area (Å²) in [6.45, 7) is 0.154. The lowest BCUT2D eigenvalue weighted by molar-refractivity contribution is -0.153. The van der Waals surface area contributed by atoms with E-state index in [0.717, 1.165) is 36.8 Å². The number of benzene rings is 2. The molecule has 1 atom stereocenters. The van der Waals surface area contributed by atoms with Crippen molar-refractivity contribution in [2.45, 2.75) is 63.8 Å². The molecule has 0 aliphatic heterocycles. The number of amides is 2. The van der Waals surface area contributed by atoms with Crippen LogP contribution in [0.5, 0.6) is 0 Å². The third kappa shape index (κ3) is 8.06. The van der Waals surface area contributed by atoms with Crippen LogP contribution < -0.4 is 10.6 Å². The SMILES string of the molecule is O=C(NC1CCCCC1)NC(CC(=O)OCc1ccccc1)C(=O)OCc1ccccc1. The van der Waals surface area contributed by atoms with Crippen molar-refractivity contribution in [1.29, 1.82) is 0 Å². The number of ether oxygens (including phenoxy) is 2. The van der Waals surface area contributed by atoms with Crippen LogP contribution in [0.15, 0.2) is 60.7 Å². The molecule has 1 fully saturated rings. The second-order valence-corrected chi connectivity index (χ2v) is 7.95. The van der Waals surface area contributed by atoms with Crippen molar-refractivity contribution < 1.29 is 23.9 Å². The molecule has 0 spiro atoms. The Morgan fingerprint density at radius 2 is 1.38 bits per heavy atom. The quantitative estimate of drug-likeness (QED) is 0.580. The Kier molecular flexibility index (Phi) is 9.10. The Bertz CT molecular complexity index is 866. The lowest BCUT2D eigenvalue weighted by atomic mass is 9.96. The average Bonchev–Trinajstić information content (AvgIpc) is 2.83. The van der Waals surface area contributed by atoms with Gasteiger partial charge in [-0.25, -0.2) is 9.59 Å². The molecule has 1 aliphatic carbocycles. The smallest absolute Gasteiger partial charge is 0.329 e. The fourth-order valence-electron chi connectivity index (χ4n) is 3.62. The van der Waals surface area contributed by atoms with Crippen LogP contribution in [0.1, 0.15) is 49.7 Å². The number of urea groups is 1. The van der Waals surface area contributed by atoms with Gasteiger partial charge in [0.2, 0.25) is 0 Å². The minimum absolute atomic E-state index is 0.0567. The van der Waals surface area contributed by atoms with Gasteiger partial charge in [0.1, 0.15) is 19.3 Å². The fraction of sp³-hybridized carbons (Fsp3) is 0.400. The molecular formula is C25H30N2O5. The predicted octanol–water partition coefficient (Wildman–Crippen LogP) is 3.86. The van der Waals surface area contributed by atoms with Gasteiger partial charge >= 0.3 is 18.0 Å². The zero-order valence-corrected chi connectivity index (χ0v) is 18.1. The first-order chi connectivity index (χ1) is 15.6. The third-order valence-corrected chi connectivity index (χ3v) is 5.37. The van der Waals surface area contributed by atoms with Gasteiger partial charge in [0.05, 0.1) is 6.42 Å². The average molecular weight is 439 g/mol. The summed E-state index contributed by atoms with van der Waals surface area (Å²) in [5.41, 5.74) is 1.66. The first-order valence-electron chi connectivity index (χ1n) is 11.1. The summed E-state index contributed by atoms with van der Waals surface area (Å²) in [6.07, 6.45) is 4.82. The molecule has 0 aromatic heterocycles. The Labute approximate surface area is 188 Å². The Balaban J connectivity index is 1.56. The molecule has 0 saturated heterocycles. The van der Waals surface area contributed by atoms with E-state index in [1.54, 1.807) is 0 Å². The van der Waals surface area contributed by atoms with Crippen LogP contribution in [-0.2, 0) is 32.3 Å². The number of carbonyl (C=O) groups is 3. The van der Waals surface area contributed by atoms with E-state index in [4.69, 9.17) is 9.47 Å². The molecule has 32 heavy (non-hydrogen) atoms. The standard InChI is InChI=1S/C25H30N2O5/c28-23(31-17-19-10-4-1-5-11-19)16-22(24(29)32-18-20-12-6-2-7-13-20)27-25(30)26-21-14-8-3-9-15-21/h1-2,4-7,10-13,21-22H,3,8-9,14-18H2,(H2,26,27,30). The first kappa shape index (κ1) is 23.3. The zero-order chi connectivity index (χ0) is 22.6. The van der Waals surface area contributed by atoms with Gasteiger partial charge < -0.3 is 20.1 Å². The molecule has 7 heteroatoms. The maximum atomic E-state index is 12.7. The van der Waals surface area contributed by atoms with Crippen LogP contribution in [0.25, 0.3) is 0 Å². The number of hydrogen-bond acceptors (Lipinski definition) is 5. The highest BCUT2D eigenvalue weighted by Gasteiger charge is 2.27. The summed E-state index contributed by atoms with van der Waals surface area (Å²) in [7, 11) is 0. The lowest BCUT2D eigenvalue weighted by Gasteiger charge is -2.24. The second kappa shape index (κ2) is 12.5. The van der Waals surface area contributed by atoms with Gasteiger partial charge in [-0.3, -0.25) is 4.79 Å². The number of carbonyl (C=O) groups excluding carboxylic acids is 3. The highest BCUT2D eigenvalue weighted by molar-refractivity contribution is 5.87. The largest absolute Gasteiger partial charge is 0.461 e. The fourth-order valence-corrected chi connectivity index (χ4v) is 3.62. The van der Waals surface area contributed by atoms with Crippen LogP contribution in [0, 0.1) is 0 Å². The van der Waals surface area contributed by atoms with Gasteiger partial charge in [-0.1, -0.05) is 79.9 Å². The van der Waals surface area contributed by atoms with Crippen molar-refractivity contribution in [3.63, 3.8) is 0 Å². The summed E-state index contributed by atoms with van der Waals surface area (Å²) in [5.74, 6) is -1.27. The maximum absolute atomic E-state index is 12.7. The summed E-state index contributed by atoms with van der Waals surface area (Å²) < 4.78 is 10.6. The van der Waals surface area contributed by atoms with Gasteiger partial charge in [-0.05, 0) is 24.0 Å². The third-order valence-electron chi connectivity index (χ3n) is 5.37. The van der Waals surface area contributed by atoms with Crippen molar-refractivity contribution in [3.8, 4) is 0 Å². The van der Waals surface area contributed by atoms with Crippen molar-refractivity contribution in [2.24, 2.45) is 0 Å². The van der Waals surface area contributed by atoms with Crippen molar-refractivity contribution >= 4 is 18.0 Å². The minimum Gasteiger partial charge on any atom is -0.461 e. The van der Waals surface area contributed by atoms with Gasteiger partial charge in [0.25, 0.3) is 0 Å². The molecule has 0 radical (unpaired) electrons. The summed E-state index contributed by atoms with van der Waals surface area (Å²) in [6, 6.07) is 17.0.